The van der Waals surface area contributed by atoms with Gasteiger partial charge in [-0.15, -0.1) is 0 Å². The van der Waals surface area contributed by atoms with Crippen molar-refractivity contribution in [2.75, 3.05) is 18.8 Å². The van der Waals surface area contributed by atoms with Crippen LogP contribution in [0.2, 0.25) is 0 Å². The maximum absolute atomic E-state index is 3.80. The van der Waals surface area contributed by atoms with Crippen LogP contribution in [0.15, 0.2) is 24.3 Å². The van der Waals surface area contributed by atoms with E-state index < -0.39 is 0 Å². The van der Waals surface area contributed by atoms with Crippen molar-refractivity contribution in [1.29, 1.82) is 0 Å². The zero-order valence-corrected chi connectivity index (χ0v) is 14.6. The van der Waals surface area contributed by atoms with Gasteiger partial charge in [0.15, 0.2) is 0 Å². The number of hydrogen-bond donors (Lipinski definition) is 1. The maximum Gasteiger partial charge on any atom is 0.0236 e. The van der Waals surface area contributed by atoms with Crippen molar-refractivity contribution in [1.82, 2.24) is 10.2 Å². The zero-order valence-electron chi connectivity index (χ0n) is 13.8. The molecule has 0 aliphatic carbocycles. The predicted molar refractivity (Wildman–Crippen MR) is 94.8 cm³/mol. The van der Waals surface area contributed by atoms with Crippen molar-refractivity contribution in [2.24, 2.45) is 0 Å². The SMILES string of the molecule is CCN(CC)Cc1ccccc1CNC1CCCSC1C. The van der Waals surface area contributed by atoms with Crippen molar-refractivity contribution in [3.8, 4) is 0 Å². The van der Waals surface area contributed by atoms with E-state index in [2.05, 4.69) is 67.0 Å². The number of nitrogens with one attached hydrogen (secondary N) is 1. The van der Waals surface area contributed by atoms with E-state index >= 15 is 0 Å². The standard InChI is InChI=1S/C18H30N2S/c1-4-20(5-2)14-17-10-7-6-9-16(17)13-19-18-11-8-12-21-15(18)3/h6-7,9-10,15,18-19H,4-5,8,11-14H2,1-3H3. The van der Waals surface area contributed by atoms with Gasteiger partial charge in [0.2, 0.25) is 0 Å². The van der Waals surface area contributed by atoms with Crippen LogP contribution >= 0.6 is 11.8 Å². The first-order chi connectivity index (χ1) is 10.2. The van der Waals surface area contributed by atoms with E-state index in [1.54, 1.807) is 0 Å². The fourth-order valence-corrected chi connectivity index (χ4v) is 4.17. The third-order valence-electron chi connectivity index (χ3n) is 4.57. The lowest BCUT2D eigenvalue weighted by Crippen LogP contribution is -2.39. The van der Waals surface area contributed by atoms with E-state index in [0.29, 0.717) is 6.04 Å². The average molecular weight is 307 g/mol. The predicted octanol–water partition coefficient (Wildman–Crippen LogP) is 3.90. The van der Waals surface area contributed by atoms with Gasteiger partial charge in [-0.05, 0) is 42.8 Å². The average Bonchev–Trinajstić information content (AvgIpc) is 2.53. The van der Waals surface area contributed by atoms with Crippen LogP contribution in [0.25, 0.3) is 0 Å². The molecule has 1 aliphatic rings. The lowest BCUT2D eigenvalue weighted by atomic mass is 10.0. The molecular weight excluding hydrogens is 276 g/mol. The fraction of sp³-hybridized carbons (Fsp3) is 0.667. The molecule has 0 radical (unpaired) electrons. The van der Waals surface area contributed by atoms with Crippen LogP contribution in [-0.4, -0.2) is 35.0 Å². The van der Waals surface area contributed by atoms with Gasteiger partial charge < -0.3 is 5.32 Å². The molecular formula is C18H30N2S. The molecule has 1 aromatic rings. The third kappa shape index (κ3) is 5.01. The molecule has 1 N–H and O–H groups in total. The van der Waals surface area contributed by atoms with Crippen LogP contribution < -0.4 is 5.32 Å². The topological polar surface area (TPSA) is 15.3 Å². The highest BCUT2D eigenvalue weighted by Gasteiger charge is 2.21. The van der Waals surface area contributed by atoms with Crippen LogP contribution in [0.5, 0.6) is 0 Å². The molecule has 1 fully saturated rings. The summed E-state index contributed by atoms with van der Waals surface area (Å²) in [6, 6.07) is 9.58. The molecule has 0 spiro atoms. The molecule has 1 heterocycles. The first-order valence-corrected chi connectivity index (χ1v) is 9.43. The van der Waals surface area contributed by atoms with Crippen LogP contribution in [0.3, 0.4) is 0 Å². The molecule has 2 unspecified atom stereocenters. The number of benzene rings is 1. The molecule has 1 saturated heterocycles. The molecule has 118 valence electrons. The van der Waals surface area contributed by atoms with Crippen LogP contribution in [0.4, 0.5) is 0 Å². The Balaban J connectivity index is 1.96. The molecule has 2 atom stereocenters. The molecule has 0 amide bonds. The largest absolute Gasteiger partial charge is 0.309 e. The van der Waals surface area contributed by atoms with Crippen LogP contribution in [-0.2, 0) is 13.1 Å². The second-order valence-electron chi connectivity index (χ2n) is 5.94. The summed E-state index contributed by atoms with van der Waals surface area (Å²) in [5.74, 6) is 1.33. The second kappa shape index (κ2) is 8.82. The first-order valence-electron chi connectivity index (χ1n) is 8.38. The summed E-state index contributed by atoms with van der Waals surface area (Å²) in [6.07, 6.45) is 2.68. The summed E-state index contributed by atoms with van der Waals surface area (Å²) in [5.41, 5.74) is 2.94. The van der Waals surface area contributed by atoms with Gasteiger partial charge in [-0.25, -0.2) is 0 Å². The highest BCUT2D eigenvalue weighted by atomic mass is 32.2. The Morgan fingerprint density at radius 1 is 1.19 bits per heavy atom. The fourth-order valence-electron chi connectivity index (χ4n) is 3.00. The first kappa shape index (κ1) is 16.9. The van der Waals surface area contributed by atoms with Crippen molar-refractivity contribution >= 4 is 11.8 Å². The van der Waals surface area contributed by atoms with Crippen LogP contribution in [0.1, 0.15) is 44.7 Å². The highest BCUT2D eigenvalue weighted by Crippen LogP contribution is 2.25. The normalized spacial score (nSPS) is 22.7. The highest BCUT2D eigenvalue weighted by molar-refractivity contribution is 7.99. The summed E-state index contributed by atoms with van der Waals surface area (Å²) < 4.78 is 0. The quantitative estimate of drug-likeness (QED) is 0.822. The molecule has 1 aromatic carbocycles. The third-order valence-corrected chi connectivity index (χ3v) is 5.95. The molecule has 3 heteroatoms. The smallest absolute Gasteiger partial charge is 0.0236 e. The monoisotopic (exact) mass is 306 g/mol. The lowest BCUT2D eigenvalue weighted by Gasteiger charge is -2.29. The summed E-state index contributed by atoms with van der Waals surface area (Å²) in [6.45, 7) is 11.2. The van der Waals surface area contributed by atoms with Gasteiger partial charge in [0.25, 0.3) is 0 Å². The number of thioether (sulfide) groups is 1. The Morgan fingerprint density at radius 3 is 2.57 bits per heavy atom. The summed E-state index contributed by atoms with van der Waals surface area (Å²) in [7, 11) is 0. The lowest BCUT2D eigenvalue weighted by molar-refractivity contribution is 0.294. The Morgan fingerprint density at radius 2 is 1.90 bits per heavy atom. The molecule has 2 rings (SSSR count). The van der Waals surface area contributed by atoms with Gasteiger partial charge in [-0.1, -0.05) is 45.0 Å². The molecule has 2 nitrogen and oxygen atoms in total. The van der Waals surface area contributed by atoms with E-state index in [1.807, 2.05) is 0 Å². The Hall–Kier alpha value is -0.510. The molecule has 1 aliphatic heterocycles. The van der Waals surface area contributed by atoms with Gasteiger partial charge in [0.1, 0.15) is 0 Å². The molecule has 0 saturated carbocycles. The van der Waals surface area contributed by atoms with E-state index in [1.165, 1.54) is 29.7 Å². The maximum atomic E-state index is 3.80. The van der Waals surface area contributed by atoms with Crippen LogP contribution in [0, 0.1) is 0 Å². The van der Waals surface area contributed by atoms with Gasteiger partial charge in [0, 0.05) is 24.4 Å². The van der Waals surface area contributed by atoms with Gasteiger partial charge >= 0.3 is 0 Å². The number of nitrogens with zero attached hydrogens (tertiary/aromatic N) is 1. The van der Waals surface area contributed by atoms with Gasteiger partial charge in [-0.2, -0.15) is 11.8 Å². The van der Waals surface area contributed by atoms with E-state index in [4.69, 9.17) is 0 Å². The Labute approximate surface area is 134 Å². The Kier molecular flexibility index (Phi) is 7.08. The minimum absolute atomic E-state index is 0.672. The minimum atomic E-state index is 0.672. The van der Waals surface area contributed by atoms with Gasteiger partial charge in [-0.3, -0.25) is 4.90 Å². The van der Waals surface area contributed by atoms with Crippen molar-refractivity contribution in [3.63, 3.8) is 0 Å². The second-order valence-corrected chi connectivity index (χ2v) is 7.42. The number of hydrogen-bond acceptors (Lipinski definition) is 3. The van der Waals surface area contributed by atoms with Gasteiger partial charge in [0.05, 0.1) is 0 Å². The zero-order chi connectivity index (χ0) is 15.1. The van der Waals surface area contributed by atoms with Crippen molar-refractivity contribution < 1.29 is 0 Å². The number of rotatable bonds is 7. The summed E-state index contributed by atoms with van der Waals surface area (Å²) in [4.78, 5) is 2.48. The summed E-state index contributed by atoms with van der Waals surface area (Å²) in [5, 5.41) is 4.54. The van der Waals surface area contributed by atoms with Crippen molar-refractivity contribution in [3.05, 3.63) is 35.4 Å². The molecule has 0 aromatic heterocycles. The van der Waals surface area contributed by atoms with Crippen molar-refractivity contribution in [2.45, 2.75) is 58.0 Å². The van der Waals surface area contributed by atoms with E-state index in [0.717, 1.165) is 31.4 Å². The van der Waals surface area contributed by atoms with E-state index in [9.17, 15) is 0 Å². The molecule has 21 heavy (non-hydrogen) atoms. The summed E-state index contributed by atoms with van der Waals surface area (Å²) >= 11 is 2.11. The van der Waals surface area contributed by atoms with E-state index in [-0.39, 0.29) is 0 Å². The molecule has 0 bridgehead atoms. The minimum Gasteiger partial charge on any atom is -0.309 e. The Bertz CT molecular complexity index is 417.